The number of nitrogens with one attached hydrogen (secondary N) is 3. The molecule has 2 aliphatic rings. The molecule has 1 amide bonds. The van der Waals surface area contributed by atoms with Crippen molar-refractivity contribution in [3.05, 3.63) is 40.4 Å². The molecule has 1 aliphatic carbocycles. The molecule has 10 nitrogen and oxygen atoms in total. The Kier molecular flexibility index (Phi) is 4.94. The van der Waals surface area contributed by atoms with Gasteiger partial charge in [-0.3, -0.25) is 9.59 Å². The van der Waals surface area contributed by atoms with E-state index in [0.717, 1.165) is 0 Å². The summed E-state index contributed by atoms with van der Waals surface area (Å²) in [6.45, 7) is 4.65. The number of nitrogens with zero attached hydrogens (tertiary/aromatic N) is 4. The van der Waals surface area contributed by atoms with Gasteiger partial charge in [0.2, 0.25) is 5.75 Å². The molecule has 0 aromatic carbocycles. The van der Waals surface area contributed by atoms with Gasteiger partial charge in [0, 0.05) is 18.7 Å². The summed E-state index contributed by atoms with van der Waals surface area (Å²) in [6.07, 6.45) is 2.93. The smallest absolute Gasteiger partial charge is 0.274 e. The molecule has 0 bridgehead atoms. The van der Waals surface area contributed by atoms with Crippen LogP contribution in [0.5, 0.6) is 5.75 Å². The van der Waals surface area contributed by atoms with Crippen LogP contribution in [-0.2, 0) is 0 Å². The number of halogens is 2. The number of carbonyl (C=O) groups is 1. The van der Waals surface area contributed by atoms with Gasteiger partial charge in [0.15, 0.2) is 17.3 Å². The first-order chi connectivity index (χ1) is 15.8. The van der Waals surface area contributed by atoms with Crippen LogP contribution >= 0.6 is 0 Å². The number of hydrogen-bond donors (Lipinski definition) is 3. The van der Waals surface area contributed by atoms with E-state index in [-0.39, 0.29) is 47.2 Å². The number of hydrogen-bond acceptors (Lipinski definition) is 7. The summed E-state index contributed by atoms with van der Waals surface area (Å²) in [5.74, 6) is -2.61. The highest BCUT2D eigenvalue weighted by Crippen LogP contribution is 2.39. The monoisotopic (exact) mass is 459 g/mol. The first-order valence-corrected chi connectivity index (χ1v) is 10.7. The Hall–Kier alpha value is -3.70. The zero-order chi connectivity index (χ0) is 23.3. The number of carbonyl (C=O) groups excluding carboxylic acids is 1. The largest absolute Gasteiger partial charge is 0.485 e. The summed E-state index contributed by atoms with van der Waals surface area (Å²) < 4.78 is 36.1. The number of fused-ring (bicyclic) bond motifs is 3. The Balaban J connectivity index is 1.57. The molecule has 3 aromatic heterocycles. The minimum atomic E-state index is -2.92. The van der Waals surface area contributed by atoms with E-state index in [4.69, 9.17) is 4.74 Å². The Morgan fingerprint density at radius 1 is 1.39 bits per heavy atom. The van der Waals surface area contributed by atoms with Crippen LogP contribution in [-0.4, -0.2) is 50.2 Å². The maximum Gasteiger partial charge on any atom is 0.274 e. The molecule has 3 aromatic rings. The van der Waals surface area contributed by atoms with Crippen LogP contribution in [0.15, 0.2) is 29.3 Å². The zero-order valence-corrected chi connectivity index (χ0v) is 18.1. The minimum absolute atomic E-state index is 0.0450. The molecular weight excluding hydrogens is 436 g/mol. The Bertz CT molecular complexity index is 1300. The van der Waals surface area contributed by atoms with Crippen LogP contribution in [0.4, 0.5) is 26.1 Å². The van der Waals surface area contributed by atoms with Gasteiger partial charge >= 0.3 is 0 Å². The van der Waals surface area contributed by atoms with Crippen molar-refractivity contribution in [3.63, 3.8) is 0 Å². The number of amides is 1. The van der Waals surface area contributed by atoms with Crippen molar-refractivity contribution in [2.24, 2.45) is 0 Å². The van der Waals surface area contributed by atoms with E-state index in [1.165, 1.54) is 10.7 Å². The Morgan fingerprint density at radius 2 is 2.21 bits per heavy atom. The van der Waals surface area contributed by atoms with Crippen molar-refractivity contribution in [3.8, 4) is 5.75 Å². The predicted octanol–water partition coefficient (Wildman–Crippen LogP) is 2.55. The molecule has 0 saturated heterocycles. The summed E-state index contributed by atoms with van der Waals surface area (Å²) in [4.78, 5) is 30.1. The molecule has 1 unspecified atom stereocenters. The summed E-state index contributed by atoms with van der Waals surface area (Å²) >= 11 is 0. The molecule has 12 heteroatoms. The van der Waals surface area contributed by atoms with Crippen molar-refractivity contribution >= 4 is 28.9 Å². The van der Waals surface area contributed by atoms with Crippen molar-refractivity contribution in [2.75, 3.05) is 23.8 Å². The Morgan fingerprint density at radius 3 is 2.91 bits per heavy atom. The molecule has 5 rings (SSSR count). The van der Waals surface area contributed by atoms with Gasteiger partial charge in [0.1, 0.15) is 17.9 Å². The van der Waals surface area contributed by atoms with Crippen molar-refractivity contribution < 1.29 is 18.3 Å². The van der Waals surface area contributed by atoms with Gasteiger partial charge in [-0.25, -0.2) is 13.8 Å². The van der Waals surface area contributed by atoms with Gasteiger partial charge in [-0.05, 0) is 32.4 Å². The third-order valence-electron chi connectivity index (χ3n) is 5.85. The average molecular weight is 459 g/mol. The summed E-state index contributed by atoms with van der Waals surface area (Å²) in [5, 5.41) is 12.8. The second-order valence-corrected chi connectivity index (χ2v) is 8.39. The second-order valence-electron chi connectivity index (χ2n) is 8.39. The number of pyridine rings is 1. The fourth-order valence-corrected chi connectivity index (χ4v) is 3.90. The van der Waals surface area contributed by atoms with E-state index in [0.29, 0.717) is 24.7 Å². The molecule has 174 valence electrons. The fraction of sp³-hybridized carbons (Fsp3) is 0.429. The van der Waals surface area contributed by atoms with Gasteiger partial charge in [-0.15, -0.1) is 0 Å². The van der Waals surface area contributed by atoms with Crippen molar-refractivity contribution in [2.45, 2.75) is 44.7 Å². The van der Waals surface area contributed by atoms with Crippen molar-refractivity contribution in [1.82, 2.24) is 24.5 Å². The maximum absolute atomic E-state index is 13.7. The quantitative estimate of drug-likeness (QED) is 0.537. The number of anilines is 3. The van der Waals surface area contributed by atoms with Crippen molar-refractivity contribution in [1.29, 1.82) is 0 Å². The van der Waals surface area contributed by atoms with E-state index in [9.17, 15) is 18.4 Å². The van der Waals surface area contributed by atoms with Crippen LogP contribution < -0.4 is 26.2 Å². The van der Waals surface area contributed by atoms with E-state index in [2.05, 4.69) is 26.0 Å². The lowest BCUT2D eigenvalue weighted by Crippen LogP contribution is -2.55. The molecule has 0 radical (unpaired) electrons. The van der Waals surface area contributed by atoms with Crippen LogP contribution in [0.25, 0.3) is 5.65 Å². The molecule has 1 fully saturated rings. The molecule has 4 heterocycles. The molecular formula is C21H23F2N7O3. The third-order valence-corrected chi connectivity index (χ3v) is 5.85. The minimum Gasteiger partial charge on any atom is -0.485 e. The topological polar surface area (TPSA) is 115 Å². The lowest BCUT2D eigenvalue weighted by Gasteiger charge is -2.36. The number of aromatic nitrogens is 4. The van der Waals surface area contributed by atoms with E-state index in [1.54, 1.807) is 22.9 Å². The highest BCUT2D eigenvalue weighted by Gasteiger charge is 2.49. The molecule has 33 heavy (non-hydrogen) atoms. The molecule has 3 N–H and O–H groups in total. The predicted molar refractivity (Wildman–Crippen MR) is 117 cm³/mol. The highest BCUT2D eigenvalue weighted by atomic mass is 19.3. The number of alkyl halides is 2. The number of rotatable bonds is 5. The van der Waals surface area contributed by atoms with Crippen LogP contribution in [0.2, 0.25) is 0 Å². The van der Waals surface area contributed by atoms with Gasteiger partial charge in [0.05, 0.1) is 18.8 Å². The first kappa shape index (κ1) is 21.2. The van der Waals surface area contributed by atoms with Gasteiger partial charge in [-0.2, -0.15) is 9.61 Å². The standard InChI is InChI=1S/C21H23F2N7O3/c1-11(2)29-8-3-4-13(20(29)32)26-16-15-18(24-7-9-33-15)30-17(28-16)12(10-25-30)19(31)27-14-5-6-21(14,22)23/h3-4,8,10-11,14,24H,5-7,9H2,1-2H3,(H,26,28)(H,27,31). The summed E-state index contributed by atoms with van der Waals surface area (Å²) in [5.41, 5.74) is 0.225. The molecule has 0 spiro atoms. The zero-order valence-electron chi connectivity index (χ0n) is 18.1. The van der Waals surface area contributed by atoms with Crippen LogP contribution in [0.3, 0.4) is 0 Å². The lowest BCUT2D eigenvalue weighted by molar-refractivity contribution is -0.102. The fourth-order valence-electron chi connectivity index (χ4n) is 3.90. The highest BCUT2D eigenvalue weighted by molar-refractivity contribution is 6.00. The SMILES string of the molecule is CC(C)n1cccc(Nc2nc3c(C(=O)NC4CCC4(F)F)cnn3c3c2OCCN3)c1=O. The number of ether oxygens (including phenoxy) is 1. The van der Waals surface area contributed by atoms with Gasteiger partial charge in [-0.1, -0.05) is 0 Å². The lowest BCUT2D eigenvalue weighted by atomic mass is 9.88. The van der Waals surface area contributed by atoms with Gasteiger partial charge in [0.25, 0.3) is 17.4 Å². The molecule has 1 aliphatic heterocycles. The second kappa shape index (κ2) is 7.71. The summed E-state index contributed by atoms with van der Waals surface area (Å²) in [7, 11) is 0. The van der Waals surface area contributed by atoms with E-state index in [1.807, 2.05) is 13.8 Å². The first-order valence-electron chi connectivity index (χ1n) is 10.7. The molecule has 1 atom stereocenters. The van der Waals surface area contributed by atoms with Crippen LogP contribution in [0.1, 0.15) is 43.1 Å². The third kappa shape index (κ3) is 3.55. The van der Waals surface area contributed by atoms with E-state index < -0.39 is 17.9 Å². The van der Waals surface area contributed by atoms with E-state index >= 15 is 0 Å². The average Bonchev–Trinajstić information content (AvgIpc) is 3.22. The molecule has 1 saturated carbocycles. The maximum atomic E-state index is 13.7. The normalized spacial score (nSPS) is 18.8. The summed E-state index contributed by atoms with van der Waals surface area (Å²) in [6, 6.07) is 2.11. The van der Waals surface area contributed by atoms with Crippen LogP contribution in [0, 0.1) is 0 Å². The Labute approximate surface area is 186 Å². The van der Waals surface area contributed by atoms with Gasteiger partial charge < -0.3 is 25.3 Å².